The highest BCUT2D eigenvalue weighted by atomic mass is 79.9. The first-order valence-corrected chi connectivity index (χ1v) is 5.66. The van der Waals surface area contributed by atoms with Crippen LogP contribution in [0.4, 0.5) is 0 Å². The molecule has 0 radical (unpaired) electrons. The molecule has 1 aromatic rings. The SMILES string of the molecule is O=C(O)CC1=CCCc2cc(Br)ccc21. The molecule has 0 aliphatic heterocycles. The molecule has 0 fully saturated rings. The lowest BCUT2D eigenvalue weighted by Crippen LogP contribution is -2.04. The monoisotopic (exact) mass is 266 g/mol. The molecule has 0 spiro atoms. The average Bonchev–Trinajstić information content (AvgIpc) is 2.16. The highest BCUT2D eigenvalue weighted by Gasteiger charge is 2.14. The highest BCUT2D eigenvalue weighted by molar-refractivity contribution is 9.10. The smallest absolute Gasteiger partial charge is 0.307 e. The lowest BCUT2D eigenvalue weighted by atomic mass is 9.89. The fourth-order valence-corrected chi connectivity index (χ4v) is 2.33. The lowest BCUT2D eigenvalue weighted by molar-refractivity contribution is -0.135. The Hall–Kier alpha value is -1.09. The summed E-state index contributed by atoms with van der Waals surface area (Å²) in [6.45, 7) is 0. The van der Waals surface area contributed by atoms with Crippen LogP contribution in [0.5, 0.6) is 0 Å². The number of carboxylic acid groups (broad SMARTS) is 1. The van der Waals surface area contributed by atoms with E-state index in [4.69, 9.17) is 5.11 Å². The minimum absolute atomic E-state index is 0.120. The second-order valence-corrected chi connectivity index (χ2v) is 4.56. The molecule has 1 aliphatic rings. The molecule has 0 saturated carbocycles. The molecule has 3 heteroatoms. The quantitative estimate of drug-likeness (QED) is 0.893. The van der Waals surface area contributed by atoms with Gasteiger partial charge in [-0.3, -0.25) is 4.79 Å². The second kappa shape index (κ2) is 4.19. The van der Waals surface area contributed by atoms with E-state index >= 15 is 0 Å². The van der Waals surface area contributed by atoms with Crippen molar-refractivity contribution in [2.75, 3.05) is 0 Å². The van der Waals surface area contributed by atoms with Crippen LogP contribution >= 0.6 is 15.9 Å². The third kappa shape index (κ3) is 2.29. The van der Waals surface area contributed by atoms with Gasteiger partial charge in [0.2, 0.25) is 0 Å². The van der Waals surface area contributed by atoms with Crippen LogP contribution in [0, 0.1) is 0 Å². The Bertz CT molecular complexity index is 435. The predicted octanol–water partition coefficient (Wildman–Crippen LogP) is 3.25. The summed E-state index contributed by atoms with van der Waals surface area (Å²) in [6, 6.07) is 6.03. The number of hydrogen-bond acceptors (Lipinski definition) is 1. The van der Waals surface area contributed by atoms with E-state index in [0.717, 1.165) is 28.5 Å². The van der Waals surface area contributed by atoms with Crippen molar-refractivity contribution in [2.45, 2.75) is 19.3 Å². The van der Waals surface area contributed by atoms with Crippen molar-refractivity contribution in [1.29, 1.82) is 0 Å². The zero-order valence-electron chi connectivity index (χ0n) is 8.16. The first-order valence-electron chi connectivity index (χ1n) is 4.86. The molecule has 2 nitrogen and oxygen atoms in total. The van der Waals surface area contributed by atoms with Crippen LogP contribution in [-0.2, 0) is 11.2 Å². The molecule has 0 saturated heterocycles. The number of fused-ring (bicyclic) bond motifs is 1. The van der Waals surface area contributed by atoms with E-state index in [1.165, 1.54) is 5.56 Å². The van der Waals surface area contributed by atoms with Crippen molar-refractivity contribution in [3.05, 3.63) is 39.9 Å². The Balaban J connectivity index is 2.38. The van der Waals surface area contributed by atoms with Gasteiger partial charge in [-0.25, -0.2) is 0 Å². The Morgan fingerprint density at radius 2 is 2.27 bits per heavy atom. The van der Waals surface area contributed by atoms with Crippen molar-refractivity contribution in [2.24, 2.45) is 0 Å². The highest BCUT2D eigenvalue weighted by Crippen LogP contribution is 2.30. The van der Waals surface area contributed by atoms with E-state index in [0.29, 0.717) is 0 Å². The summed E-state index contributed by atoms with van der Waals surface area (Å²) in [5.41, 5.74) is 3.27. The Labute approximate surface area is 96.7 Å². The first-order chi connectivity index (χ1) is 7.16. The number of rotatable bonds is 2. The Kier molecular flexibility index (Phi) is 2.91. The zero-order chi connectivity index (χ0) is 10.8. The molecule has 1 N–H and O–H groups in total. The Morgan fingerprint density at radius 1 is 1.47 bits per heavy atom. The maximum absolute atomic E-state index is 10.7. The van der Waals surface area contributed by atoms with Crippen LogP contribution in [0.1, 0.15) is 24.0 Å². The standard InChI is InChI=1S/C12H11BrO2/c13-10-4-5-11-8(6-10)2-1-3-9(11)7-12(14)15/h3-6H,1-2,7H2,(H,14,15). The third-order valence-corrected chi connectivity index (χ3v) is 3.05. The van der Waals surface area contributed by atoms with E-state index in [1.807, 2.05) is 18.2 Å². The van der Waals surface area contributed by atoms with E-state index in [1.54, 1.807) is 0 Å². The van der Waals surface area contributed by atoms with E-state index in [9.17, 15) is 4.79 Å². The number of hydrogen-bond donors (Lipinski definition) is 1. The predicted molar refractivity (Wildman–Crippen MR) is 62.7 cm³/mol. The molecule has 15 heavy (non-hydrogen) atoms. The summed E-state index contributed by atoms with van der Waals surface area (Å²) >= 11 is 3.43. The summed E-state index contributed by atoms with van der Waals surface area (Å²) in [4.78, 5) is 10.7. The molecule has 0 aromatic heterocycles. The number of benzene rings is 1. The molecule has 0 bridgehead atoms. The van der Waals surface area contributed by atoms with E-state index in [-0.39, 0.29) is 6.42 Å². The van der Waals surface area contributed by atoms with Crippen LogP contribution < -0.4 is 0 Å². The molecule has 1 aromatic carbocycles. The van der Waals surface area contributed by atoms with Crippen molar-refractivity contribution in [1.82, 2.24) is 0 Å². The molecule has 0 unspecified atom stereocenters. The van der Waals surface area contributed by atoms with Gasteiger partial charge in [-0.05, 0) is 41.7 Å². The third-order valence-electron chi connectivity index (χ3n) is 2.56. The van der Waals surface area contributed by atoms with E-state index < -0.39 is 5.97 Å². The molecular formula is C12H11BrO2. The first kappa shape index (κ1) is 10.4. The minimum Gasteiger partial charge on any atom is -0.481 e. The fourth-order valence-electron chi connectivity index (χ4n) is 1.92. The lowest BCUT2D eigenvalue weighted by Gasteiger charge is -2.16. The molecule has 0 atom stereocenters. The number of carbonyl (C=O) groups is 1. The summed E-state index contributed by atoms with van der Waals surface area (Å²) in [6.07, 6.45) is 4.09. The van der Waals surface area contributed by atoms with Gasteiger partial charge in [-0.1, -0.05) is 28.1 Å². The molecule has 2 rings (SSSR count). The number of carboxylic acids is 1. The van der Waals surface area contributed by atoms with Crippen molar-refractivity contribution >= 4 is 27.5 Å². The topological polar surface area (TPSA) is 37.3 Å². The van der Waals surface area contributed by atoms with Gasteiger partial charge in [0, 0.05) is 4.47 Å². The van der Waals surface area contributed by atoms with Crippen LogP contribution in [0.15, 0.2) is 28.7 Å². The molecule has 1 aliphatic carbocycles. The van der Waals surface area contributed by atoms with Gasteiger partial charge in [0.25, 0.3) is 0 Å². The van der Waals surface area contributed by atoms with Crippen molar-refractivity contribution in [3.63, 3.8) is 0 Å². The number of allylic oxidation sites excluding steroid dienone is 1. The summed E-state index contributed by atoms with van der Waals surface area (Å²) in [5, 5.41) is 8.80. The number of halogens is 1. The normalized spacial score (nSPS) is 14.3. The number of aryl methyl sites for hydroxylation is 1. The van der Waals surface area contributed by atoms with Gasteiger partial charge in [-0.2, -0.15) is 0 Å². The van der Waals surface area contributed by atoms with Gasteiger partial charge in [0.15, 0.2) is 0 Å². The van der Waals surface area contributed by atoms with Crippen LogP contribution in [0.2, 0.25) is 0 Å². The fraction of sp³-hybridized carbons (Fsp3) is 0.250. The van der Waals surface area contributed by atoms with Gasteiger partial charge in [0.05, 0.1) is 6.42 Å². The molecular weight excluding hydrogens is 256 g/mol. The van der Waals surface area contributed by atoms with Gasteiger partial charge >= 0.3 is 5.97 Å². The maximum atomic E-state index is 10.7. The molecule has 0 amide bonds. The van der Waals surface area contributed by atoms with E-state index in [2.05, 4.69) is 22.0 Å². The van der Waals surface area contributed by atoms with Gasteiger partial charge in [-0.15, -0.1) is 0 Å². The van der Waals surface area contributed by atoms with Crippen LogP contribution in [0.25, 0.3) is 5.57 Å². The average molecular weight is 267 g/mol. The zero-order valence-corrected chi connectivity index (χ0v) is 9.75. The summed E-state index contributed by atoms with van der Waals surface area (Å²) in [5.74, 6) is -0.767. The minimum atomic E-state index is -0.767. The van der Waals surface area contributed by atoms with Crippen LogP contribution in [-0.4, -0.2) is 11.1 Å². The second-order valence-electron chi connectivity index (χ2n) is 3.64. The largest absolute Gasteiger partial charge is 0.481 e. The summed E-state index contributed by atoms with van der Waals surface area (Å²) < 4.78 is 1.05. The molecule has 78 valence electrons. The maximum Gasteiger partial charge on any atom is 0.307 e. The van der Waals surface area contributed by atoms with Gasteiger partial charge in [0.1, 0.15) is 0 Å². The van der Waals surface area contributed by atoms with Crippen molar-refractivity contribution in [3.8, 4) is 0 Å². The summed E-state index contributed by atoms with van der Waals surface area (Å²) in [7, 11) is 0. The van der Waals surface area contributed by atoms with Crippen molar-refractivity contribution < 1.29 is 9.90 Å². The molecule has 0 heterocycles. The Morgan fingerprint density at radius 3 is 3.00 bits per heavy atom. The number of aliphatic carboxylic acids is 1. The van der Waals surface area contributed by atoms with Gasteiger partial charge < -0.3 is 5.11 Å². The van der Waals surface area contributed by atoms with Crippen LogP contribution in [0.3, 0.4) is 0 Å².